The number of nitrogens with zero attached hydrogens (tertiary/aromatic N) is 2. The molecule has 1 aromatic carbocycles. The van der Waals surface area contributed by atoms with E-state index in [9.17, 15) is 4.79 Å². The lowest BCUT2D eigenvalue weighted by Gasteiger charge is -2.16. The van der Waals surface area contributed by atoms with Crippen LogP contribution < -0.4 is 10.1 Å². The van der Waals surface area contributed by atoms with E-state index in [0.717, 1.165) is 19.6 Å². The van der Waals surface area contributed by atoms with Crippen LogP contribution in [-0.2, 0) is 11.3 Å². The minimum Gasteiger partial charge on any atom is -0.494 e. The standard InChI is InChI=1S/C19H23N3O2/c1-14-11-22(12-15-6-4-3-5-7-15)13-16(14)19(23)21-17-10-20-9-8-18(17)24-2/h3-10,14,16H,11-13H2,1-2H3,(H,21,23)/t14-,16-/m1/s1. The number of ether oxygens (including phenoxy) is 1. The minimum absolute atomic E-state index is 0.0291. The Hall–Kier alpha value is -2.40. The van der Waals surface area contributed by atoms with Gasteiger partial charge in [-0.25, -0.2) is 0 Å². The monoisotopic (exact) mass is 325 g/mol. The van der Waals surface area contributed by atoms with Gasteiger partial charge in [0.1, 0.15) is 11.4 Å². The number of hydrogen-bond acceptors (Lipinski definition) is 4. The molecular formula is C19H23N3O2. The van der Waals surface area contributed by atoms with Crippen LogP contribution in [0.2, 0.25) is 0 Å². The molecule has 2 atom stereocenters. The maximum Gasteiger partial charge on any atom is 0.229 e. The van der Waals surface area contributed by atoms with E-state index >= 15 is 0 Å². The van der Waals surface area contributed by atoms with Gasteiger partial charge in [0.05, 0.1) is 19.2 Å². The Bertz CT molecular complexity index is 690. The molecule has 3 rings (SSSR count). The molecule has 0 radical (unpaired) electrons. The Labute approximate surface area is 142 Å². The first-order valence-electron chi connectivity index (χ1n) is 8.22. The van der Waals surface area contributed by atoms with Crippen molar-refractivity contribution in [3.63, 3.8) is 0 Å². The molecule has 0 aliphatic carbocycles. The highest BCUT2D eigenvalue weighted by atomic mass is 16.5. The van der Waals surface area contributed by atoms with Gasteiger partial charge in [0, 0.05) is 31.9 Å². The van der Waals surface area contributed by atoms with Crippen LogP contribution in [0.1, 0.15) is 12.5 Å². The Morgan fingerprint density at radius 2 is 2.08 bits per heavy atom. The number of carbonyl (C=O) groups excluding carboxylic acids is 1. The van der Waals surface area contributed by atoms with Crippen LogP contribution >= 0.6 is 0 Å². The fourth-order valence-corrected chi connectivity index (χ4v) is 3.26. The number of likely N-dealkylation sites (tertiary alicyclic amines) is 1. The molecule has 24 heavy (non-hydrogen) atoms. The SMILES string of the molecule is COc1ccncc1NC(=O)[C@@H]1CN(Cc2ccccc2)C[C@H]1C. The normalized spacial score (nSPS) is 20.8. The van der Waals surface area contributed by atoms with Crippen molar-refractivity contribution in [2.24, 2.45) is 11.8 Å². The van der Waals surface area contributed by atoms with E-state index in [0.29, 0.717) is 17.4 Å². The quantitative estimate of drug-likeness (QED) is 0.918. The van der Waals surface area contributed by atoms with Gasteiger partial charge in [0.25, 0.3) is 0 Å². The smallest absolute Gasteiger partial charge is 0.229 e. The third-order valence-corrected chi connectivity index (χ3v) is 4.53. The zero-order valence-corrected chi connectivity index (χ0v) is 14.1. The van der Waals surface area contributed by atoms with E-state index < -0.39 is 0 Å². The van der Waals surface area contributed by atoms with Gasteiger partial charge in [-0.15, -0.1) is 0 Å². The van der Waals surface area contributed by atoms with Gasteiger partial charge in [-0.3, -0.25) is 14.7 Å². The fourth-order valence-electron chi connectivity index (χ4n) is 3.26. The fraction of sp³-hybridized carbons (Fsp3) is 0.368. The van der Waals surface area contributed by atoms with Crippen LogP contribution in [0, 0.1) is 11.8 Å². The largest absolute Gasteiger partial charge is 0.494 e. The van der Waals surface area contributed by atoms with Crippen molar-refractivity contribution in [3.8, 4) is 5.75 Å². The van der Waals surface area contributed by atoms with Gasteiger partial charge >= 0.3 is 0 Å². The van der Waals surface area contributed by atoms with E-state index in [1.807, 2.05) is 18.2 Å². The molecule has 1 fully saturated rings. The molecule has 1 aliphatic rings. The zero-order chi connectivity index (χ0) is 16.9. The summed E-state index contributed by atoms with van der Waals surface area (Å²) in [6.07, 6.45) is 3.27. The average molecular weight is 325 g/mol. The first kappa shape index (κ1) is 16.5. The number of methoxy groups -OCH3 is 1. The summed E-state index contributed by atoms with van der Waals surface area (Å²) >= 11 is 0. The molecular weight excluding hydrogens is 302 g/mol. The molecule has 1 N–H and O–H groups in total. The Morgan fingerprint density at radius 1 is 1.29 bits per heavy atom. The highest BCUT2D eigenvalue weighted by Crippen LogP contribution is 2.28. The number of pyridine rings is 1. The van der Waals surface area contributed by atoms with Gasteiger partial charge in [0.15, 0.2) is 0 Å². The Balaban J connectivity index is 1.63. The number of anilines is 1. The number of nitrogens with one attached hydrogen (secondary N) is 1. The summed E-state index contributed by atoms with van der Waals surface area (Å²) in [7, 11) is 1.59. The molecule has 0 unspecified atom stereocenters. The highest BCUT2D eigenvalue weighted by Gasteiger charge is 2.34. The maximum absolute atomic E-state index is 12.7. The van der Waals surface area contributed by atoms with Crippen molar-refractivity contribution in [2.75, 3.05) is 25.5 Å². The molecule has 2 aromatic rings. The lowest BCUT2D eigenvalue weighted by molar-refractivity contribution is -0.120. The number of rotatable bonds is 5. The highest BCUT2D eigenvalue weighted by molar-refractivity contribution is 5.94. The molecule has 126 valence electrons. The van der Waals surface area contributed by atoms with Crippen molar-refractivity contribution in [3.05, 3.63) is 54.4 Å². The number of amides is 1. The van der Waals surface area contributed by atoms with E-state index in [4.69, 9.17) is 4.74 Å². The van der Waals surface area contributed by atoms with E-state index in [1.54, 1.807) is 25.6 Å². The van der Waals surface area contributed by atoms with Crippen LogP contribution in [0.15, 0.2) is 48.8 Å². The first-order valence-corrected chi connectivity index (χ1v) is 8.22. The molecule has 0 saturated carbocycles. The van der Waals surface area contributed by atoms with Crippen LogP contribution in [-0.4, -0.2) is 36.0 Å². The molecule has 1 aromatic heterocycles. The topological polar surface area (TPSA) is 54.5 Å². The third kappa shape index (κ3) is 3.74. The van der Waals surface area contributed by atoms with E-state index in [1.165, 1.54) is 5.56 Å². The summed E-state index contributed by atoms with van der Waals surface area (Å²) in [5, 5.41) is 2.97. The number of hydrogen-bond donors (Lipinski definition) is 1. The molecule has 0 spiro atoms. The summed E-state index contributed by atoms with van der Waals surface area (Å²) in [5.74, 6) is 0.949. The van der Waals surface area contributed by atoms with Crippen LogP contribution in [0.25, 0.3) is 0 Å². The van der Waals surface area contributed by atoms with Gasteiger partial charge in [-0.1, -0.05) is 37.3 Å². The molecule has 5 heteroatoms. The number of aromatic nitrogens is 1. The zero-order valence-electron chi connectivity index (χ0n) is 14.1. The van der Waals surface area contributed by atoms with E-state index in [2.05, 4.69) is 34.3 Å². The van der Waals surface area contributed by atoms with Gasteiger partial charge in [0.2, 0.25) is 5.91 Å². The molecule has 1 aliphatic heterocycles. The van der Waals surface area contributed by atoms with Crippen molar-refractivity contribution in [2.45, 2.75) is 13.5 Å². The number of benzene rings is 1. The van der Waals surface area contributed by atoms with Crippen molar-refractivity contribution >= 4 is 11.6 Å². The van der Waals surface area contributed by atoms with Crippen molar-refractivity contribution in [1.82, 2.24) is 9.88 Å². The molecule has 1 amide bonds. The summed E-state index contributed by atoms with van der Waals surface area (Å²) in [5.41, 5.74) is 1.90. The van der Waals surface area contributed by atoms with Gasteiger partial charge < -0.3 is 10.1 Å². The van der Waals surface area contributed by atoms with Crippen molar-refractivity contribution in [1.29, 1.82) is 0 Å². The lowest BCUT2D eigenvalue weighted by atomic mass is 9.97. The van der Waals surface area contributed by atoms with Crippen LogP contribution in [0.3, 0.4) is 0 Å². The number of carbonyl (C=O) groups is 1. The second-order valence-electron chi connectivity index (χ2n) is 6.33. The first-order chi connectivity index (χ1) is 11.7. The van der Waals surface area contributed by atoms with Crippen molar-refractivity contribution < 1.29 is 9.53 Å². The molecule has 5 nitrogen and oxygen atoms in total. The van der Waals surface area contributed by atoms with E-state index in [-0.39, 0.29) is 11.8 Å². The molecule has 1 saturated heterocycles. The lowest BCUT2D eigenvalue weighted by Crippen LogP contribution is -2.28. The summed E-state index contributed by atoms with van der Waals surface area (Å²) < 4.78 is 5.27. The average Bonchev–Trinajstić information content (AvgIpc) is 2.96. The summed E-state index contributed by atoms with van der Waals surface area (Å²) in [4.78, 5) is 19.1. The summed E-state index contributed by atoms with van der Waals surface area (Å²) in [6.45, 7) is 4.71. The third-order valence-electron chi connectivity index (χ3n) is 4.53. The van der Waals surface area contributed by atoms with Crippen LogP contribution in [0.4, 0.5) is 5.69 Å². The second-order valence-corrected chi connectivity index (χ2v) is 6.33. The van der Waals surface area contributed by atoms with Gasteiger partial charge in [-0.05, 0) is 11.5 Å². The van der Waals surface area contributed by atoms with Crippen LogP contribution in [0.5, 0.6) is 5.75 Å². The second kappa shape index (κ2) is 7.45. The molecule has 2 heterocycles. The summed E-state index contributed by atoms with van der Waals surface area (Å²) in [6, 6.07) is 12.1. The predicted octanol–water partition coefficient (Wildman–Crippen LogP) is 2.80. The molecule has 0 bridgehead atoms. The Kier molecular flexibility index (Phi) is 5.11. The van der Waals surface area contributed by atoms with Gasteiger partial charge in [-0.2, -0.15) is 0 Å². The Morgan fingerprint density at radius 3 is 2.83 bits per heavy atom. The minimum atomic E-state index is -0.0291. The predicted molar refractivity (Wildman–Crippen MR) is 93.8 cm³/mol. The maximum atomic E-state index is 12.7.